The maximum Gasteiger partial charge on any atom is 0.0738 e. The highest BCUT2D eigenvalue weighted by Crippen LogP contribution is 2.23. The van der Waals surface area contributed by atoms with Crippen molar-refractivity contribution in [1.29, 1.82) is 0 Å². The Balaban J connectivity index is 1.96. The van der Waals surface area contributed by atoms with Crippen LogP contribution in [0, 0.1) is 6.92 Å². The summed E-state index contributed by atoms with van der Waals surface area (Å²) in [6.07, 6.45) is 1.97. The summed E-state index contributed by atoms with van der Waals surface area (Å²) in [7, 11) is 0. The first kappa shape index (κ1) is 15.3. The summed E-state index contributed by atoms with van der Waals surface area (Å²) < 4.78 is 2.99. The summed E-state index contributed by atoms with van der Waals surface area (Å²) in [6.45, 7) is 4.88. The number of rotatable bonds is 6. The van der Waals surface area contributed by atoms with E-state index in [1.165, 1.54) is 5.56 Å². The first-order valence-electron chi connectivity index (χ1n) is 7.05. The molecule has 0 aliphatic rings. The van der Waals surface area contributed by atoms with Crippen LogP contribution in [0.15, 0.2) is 34.8 Å². The van der Waals surface area contributed by atoms with Gasteiger partial charge in [-0.05, 0) is 48.2 Å². The minimum Gasteiger partial charge on any atom is -0.393 e. The Morgan fingerprint density at radius 1 is 1.30 bits per heavy atom. The second kappa shape index (κ2) is 7.04. The zero-order chi connectivity index (χ0) is 14.5. The molecule has 0 amide bonds. The zero-order valence-corrected chi connectivity index (χ0v) is 13.6. The molecule has 1 heterocycles. The van der Waals surface area contributed by atoms with E-state index in [9.17, 15) is 5.11 Å². The molecule has 108 valence electrons. The molecule has 0 aliphatic carbocycles. The third-order valence-electron chi connectivity index (χ3n) is 3.49. The Kier molecular flexibility index (Phi) is 5.38. The molecule has 1 N–H and O–H groups in total. The van der Waals surface area contributed by atoms with Gasteiger partial charge in [-0.2, -0.15) is 5.10 Å². The van der Waals surface area contributed by atoms with Crippen LogP contribution in [0.1, 0.15) is 30.3 Å². The van der Waals surface area contributed by atoms with Crippen LogP contribution in [0.4, 0.5) is 0 Å². The topological polar surface area (TPSA) is 38.0 Å². The second-order valence-electron chi connectivity index (χ2n) is 5.04. The number of aromatic nitrogens is 2. The van der Waals surface area contributed by atoms with E-state index in [2.05, 4.69) is 40.1 Å². The number of aliphatic hydroxyl groups is 1. The van der Waals surface area contributed by atoms with E-state index in [1.807, 2.05) is 29.8 Å². The number of aliphatic hydroxyl groups excluding tert-OH is 1. The van der Waals surface area contributed by atoms with Crippen molar-refractivity contribution in [2.45, 2.75) is 45.8 Å². The Morgan fingerprint density at radius 2 is 2.00 bits per heavy atom. The minimum absolute atomic E-state index is 0.340. The van der Waals surface area contributed by atoms with Gasteiger partial charge in [-0.15, -0.1) is 0 Å². The summed E-state index contributed by atoms with van der Waals surface area (Å²) in [5.74, 6) is 0. The number of halogens is 1. The molecule has 0 saturated heterocycles. The van der Waals surface area contributed by atoms with Crippen molar-refractivity contribution in [3.05, 3.63) is 51.8 Å². The van der Waals surface area contributed by atoms with Crippen LogP contribution in [-0.4, -0.2) is 21.0 Å². The van der Waals surface area contributed by atoms with Gasteiger partial charge in [0.25, 0.3) is 0 Å². The van der Waals surface area contributed by atoms with Gasteiger partial charge < -0.3 is 5.11 Å². The van der Waals surface area contributed by atoms with Crippen molar-refractivity contribution < 1.29 is 5.11 Å². The lowest BCUT2D eigenvalue weighted by atomic mass is 10.0. The molecule has 0 bridgehead atoms. The predicted molar refractivity (Wildman–Crippen MR) is 84.8 cm³/mol. The van der Waals surface area contributed by atoms with Crippen molar-refractivity contribution >= 4 is 15.9 Å². The molecule has 2 rings (SSSR count). The molecule has 4 heteroatoms. The van der Waals surface area contributed by atoms with Gasteiger partial charge >= 0.3 is 0 Å². The van der Waals surface area contributed by atoms with Crippen molar-refractivity contribution in [3.8, 4) is 0 Å². The molecule has 0 aliphatic heterocycles. The van der Waals surface area contributed by atoms with Gasteiger partial charge in [0.1, 0.15) is 0 Å². The number of aryl methyl sites for hydroxylation is 3. The summed E-state index contributed by atoms with van der Waals surface area (Å²) in [4.78, 5) is 0. The Morgan fingerprint density at radius 3 is 2.65 bits per heavy atom. The smallest absolute Gasteiger partial charge is 0.0738 e. The fourth-order valence-electron chi connectivity index (χ4n) is 2.37. The molecule has 1 aromatic carbocycles. The monoisotopic (exact) mass is 336 g/mol. The molecular weight excluding hydrogens is 316 g/mol. The fraction of sp³-hybridized carbons (Fsp3) is 0.438. The lowest BCUT2D eigenvalue weighted by molar-refractivity contribution is 0.162. The van der Waals surface area contributed by atoms with E-state index in [0.29, 0.717) is 6.42 Å². The highest BCUT2D eigenvalue weighted by atomic mass is 79.9. The van der Waals surface area contributed by atoms with Gasteiger partial charge in [0, 0.05) is 13.0 Å². The summed E-state index contributed by atoms with van der Waals surface area (Å²) in [6, 6.07) is 10.3. The van der Waals surface area contributed by atoms with E-state index in [4.69, 9.17) is 0 Å². The third-order valence-corrected chi connectivity index (χ3v) is 4.52. The van der Waals surface area contributed by atoms with Crippen LogP contribution >= 0.6 is 15.9 Å². The molecule has 0 saturated carbocycles. The number of benzene rings is 1. The van der Waals surface area contributed by atoms with Crippen molar-refractivity contribution in [1.82, 2.24) is 9.78 Å². The minimum atomic E-state index is -0.340. The third kappa shape index (κ3) is 3.70. The van der Waals surface area contributed by atoms with Gasteiger partial charge in [0.05, 0.1) is 22.0 Å². The molecule has 1 atom stereocenters. The molecule has 0 spiro atoms. The van der Waals surface area contributed by atoms with Crippen LogP contribution in [0.25, 0.3) is 0 Å². The Hall–Kier alpha value is -1.13. The number of nitrogens with zero attached hydrogens (tertiary/aromatic N) is 2. The second-order valence-corrected chi connectivity index (χ2v) is 5.84. The normalized spacial score (nSPS) is 12.6. The summed E-state index contributed by atoms with van der Waals surface area (Å²) >= 11 is 3.57. The van der Waals surface area contributed by atoms with E-state index in [0.717, 1.165) is 35.2 Å². The highest BCUT2D eigenvalue weighted by molar-refractivity contribution is 9.10. The largest absolute Gasteiger partial charge is 0.393 e. The quantitative estimate of drug-likeness (QED) is 0.876. The van der Waals surface area contributed by atoms with Gasteiger partial charge in [-0.3, -0.25) is 4.68 Å². The molecule has 2 aromatic rings. The SMILES string of the molecule is CCn1nc(C)c(Br)c1CC(O)CCc1ccccc1. The number of hydrogen-bond donors (Lipinski definition) is 1. The predicted octanol–water partition coefficient (Wildman–Crippen LogP) is 3.51. The van der Waals surface area contributed by atoms with Gasteiger partial charge in [0.2, 0.25) is 0 Å². The van der Waals surface area contributed by atoms with Crippen molar-refractivity contribution in [2.24, 2.45) is 0 Å². The maximum atomic E-state index is 10.3. The average molecular weight is 337 g/mol. The van der Waals surface area contributed by atoms with Crippen LogP contribution in [0.2, 0.25) is 0 Å². The van der Waals surface area contributed by atoms with Gasteiger partial charge in [-0.25, -0.2) is 0 Å². The molecule has 0 fully saturated rings. The summed E-state index contributed by atoms with van der Waals surface area (Å²) in [5, 5.41) is 14.7. The van der Waals surface area contributed by atoms with Gasteiger partial charge in [0.15, 0.2) is 0 Å². The Bertz CT molecular complexity index is 551. The average Bonchev–Trinajstić information content (AvgIpc) is 2.74. The zero-order valence-electron chi connectivity index (χ0n) is 12.0. The molecular formula is C16H21BrN2O. The van der Waals surface area contributed by atoms with E-state index in [1.54, 1.807) is 0 Å². The lowest BCUT2D eigenvalue weighted by Crippen LogP contribution is -2.15. The standard InChI is InChI=1S/C16H21BrN2O/c1-3-19-15(16(17)12(2)18-19)11-14(20)10-9-13-7-5-4-6-8-13/h4-8,14,20H,3,9-11H2,1-2H3. The molecule has 3 nitrogen and oxygen atoms in total. The highest BCUT2D eigenvalue weighted by Gasteiger charge is 2.16. The Labute approximate surface area is 128 Å². The molecule has 0 radical (unpaired) electrons. The van der Waals surface area contributed by atoms with E-state index in [-0.39, 0.29) is 6.10 Å². The number of hydrogen-bond acceptors (Lipinski definition) is 2. The van der Waals surface area contributed by atoms with Crippen molar-refractivity contribution in [2.75, 3.05) is 0 Å². The molecule has 1 aromatic heterocycles. The molecule has 20 heavy (non-hydrogen) atoms. The van der Waals surface area contributed by atoms with Crippen LogP contribution in [0.5, 0.6) is 0 Å². The molecule has 1 unspecified atom stereocenters. The van der Waals surface area contributed by atoms with E-state index >= 15 is 0 Å². The maximum absolute atomic E-state index is 10.3. The lowest BCUT2D eigenvalue weighted by Gasteiger charge is -2.12. The van der Waals surface area contributed by atoms with Crippen LogP contribution in [-0.2, 0) is 19.4 Å². The summed E-state index contributed by atoms with van der Waals surface area (Å²) in [5.41, 5.74) is 3.34. The van der Waals surface area contributed by atoms with Crippen LogP contribution in [0.3, 0.4) is 0 Å². The van der Waals surface area contributed by atoms with E-state index < -0.39 is 0 Å². The first-order chi connectivity index (χ1) is 9.61. The fourth-order valence-corrected chi connectivity index (χ4v) is 2.81. The van der Waals surface area contributed by atoms with Crippen molar-refractivity contribution in [3.63, 3.8) is 0 Å². The van der Waals surface area contributed by atoms with Gasteiger partial charge in [-0.1, -0.05) is 30.3 Å². The van der Waals surface area contributed by atoms with Crippen LogP contribution < -0.4 is 0 Å². The first-order valence-corrected chi connectivity index (χ1v) is 7.85.